The zero-order chi connectivity index (χ0) is 23.6. The molecular formula is C24H24FN5O3. The molecule has 4 amide bonds. The number of benzene rings is 2. The van der Waals surface area contributed by atoms with Crippen molar-refractivity contribution in [3.05, 3.63) is 83.9 Å². The summed E-state index contributed by atoms with van der Waals surface area (Å²) in [6.07, 6.45) is 3.76. The Balaban J connectivity index is 1.44. The number of amides is 4. The zero-order valence-electron chi connectivity index (χ0n) is 18.4. The third-order valence-corrected chi connectivity index (χ3v) is 5.84. The predicted octanol–water partition coefficient (Wildman–Crippen LogP) is 2.83. The van der Waals surface area contributed by atoms with Crippen molar-refractivity contribution in [3.8, 4) is 5.69 Å². The number of urea groups is 1. The molecule has 170 valence electrons. The normalized spacial score (nSPS) is 17.8. The van der Waals surface area contributed by atoms with Gasteiger partial charge in [-0.05, 0) is 36.2 Å². The van der Waals surface area contributed by atoms with Gasteiger partial charge in [0.2, 0.25) is 5.91 Å². The van der Waals surface area contributed by atoms with Gasteiger partial charge in [0.1, 0.15) is 17.9 Å². The minimum atomic E-state index is -1.32. The van der Waals surface area contributed by atoms with Crippen LogP contribution >= 0.6 is 0 Å². The molecule has 0 radical (unpaired) electrons. The van der Waals surface area contributed by atoms with Crippen molar-refractivity contribution < 1.29 is 18.8 Å². The van der Waals surface area contributed by atoms with Gasteiger partial charge in [-0.3, -0.25) is 14.5 Å². The first-order chi connectivity index (χ1) is 15.8. The summed E-state index contributed by atoms with van der Waals surface area (Å²) in [7, 11) is 1.60. The topological polar surface area (TPSA) is 87.5 Å². The molecule has 9 heteroatoms. The van der Waals surface area contributed by atoms with Crippen LogP contribution in [0.4, 0.5) is 9.18 Å². The van der Waals surface area contributed by atoms with Crippen molar-refractivity contribution >= 4 is 17.8 Å². The Labute approximate surface area is 190 Å². The molecule has 33 heavy (non-hydrogen) atoms. The summed E-state index contributed by atoms with van der Waals surface area (Å²) in [6, 6.07) is 14.3. The minimum Gasteiger partial charge on any atom is -0.340 e. The predicted molar refractivity (Wildman–Crippen MR) is 119 cm³/mol. The fourth-order valence-corrected chi connectivity index (χ4v) is 3.93. The van der Waals surface area contributed by atoms with Crippen molar-refractivity contribution in [2.45, 2.75) is 25.4 Å². The Kier molecular flexibility index (Phi) is 5.95. The number of likely N-dealkylation sites (N-methyl/N-ethyl adjacent to an activating group) is 1. The number of rotatable bonds is 7. The van der Waals surface area contributed by atoms with E-state index in [1.165, 1.54) is 29.2 Å². The van der Waals surface area contributed by atoms with Crippen LogP contribution in [-0.4, -0.2) is 51.0 Å². The maximum atomic E-state index is 13.4. The number of hydrogen-bond acceptors (Lipinski definition) is 4. The summed E-state index contributed by atoms with van der Waals surface area (Å²) < 4.78 is 15.1. The molecule has 0 spiro atoms. The first-order valence-corrected chi connectivity index (χ1v) is 10.6. The van der Waals surface area contributed by atoms with Gasteiger partial charge in [0.05, 0.1) is 11.9 Å². The van der Waals surface area contributed by atoms with E-state index in [9.17, 15) is 18.8 Å². The Hall–Kier alpha value is -4.01. The lowest BCUT2D eigenvalue weighted by atomic mass is 9.87. The number of hydrogen-bond donors (Lipinski definition) is 1. The number of imide groups is 1. The average Bonchev–Trinajstić information content (AvgIpc) is 3.38. The molecule has 4 rings (SSSR count). The molecule has 1 aliphatic rings. The molecule has 1 unspecified atom stereocenters. The van der Waals surface area contributed by atoms with E-state index in [2.05, 4.69) is 10.4 Å². The molecule has 0 saturated carbocycles. The van der Waals surface area contributed by atoms with E-state index in [0.29, 0.717) is 5.56 Å². The first-order valence-electron chi connectivity index (χ1n) is 10.6. The SMILES string of the molecule is CCC1(c2ccc(F)cc2)NC(=O)N(CC(=O)N(C)Cc2cnn(-c3ccccc3)c2)C1=O. The Bertz CT molecular complexity index is 1180. The van der Waals surface area contributed by atoms with Crippen LogP contribution in [0, 0.1) is 5.82 Å². The first kappa shape index (κ1) is 22.2. The summed E-state index contributed by atoms with van der Waals surface area (Å²) in [5.41, 5.74) is 0.858. The minimum absolute atomic E-state index is 0.266. The fourth-order valence-electron chi connectivity index (χ4n) is 3.93. The Morgan fingerprint density at radius 2 is 1.82 bits per heavy atom. The lowest BCUT2D eigenvalue weighted by molar-refractivity contribution is -0.138. The van der Waals surface area contributed by atoms with Gasteiger partial charge in [0.25, 0.3) is 5.91 Å². The van der Waals surface area contributed by atoms with Crippen LogP contribution in [0.15, 0.2) is 67.0 Å². The molecule has 2 heterocycles. The second-order valence-corrected chi connectivity index (χ2v) is 7.97. The van der Waals surface area contributed by atoms with Crippen LogP contribution in [0.2, 0.25) is 0 Å². The standard InChI is InChI=1S/C24H24FN5O3/c1-3-24(18-9-11-19(25)12-10-18)22(32)29(23(33)27-24)16-21(31)28(2)14-17-13-26-30(15-17)20-7-5-4-6-8-20/h4-13,15H,3,14,16H2,1-2H3,(H,27,33). The maximum Gasteiger partial charge on any atom is 0.325 e. The van der Waals surface area contributed by atoms with Crippen LogP contribution in [0.25, 0.3) is 5.69 Å². The number of para-hydroxylation sites is 1. The number of carbonyl (C=O) groups is 3. The average molecular weight is 449 g/mol. The maximum absolute atomic E-state index is 13.4. The summed E-state index contributed by atoms with van der Waals surface area (Å²) in [6.45, 7) is 1.63. The third-order valence-electron chi connectivity index (χ3n) is 5.84. The quantitative estimate of drug-likeness (QED) is 0.562. The third kappa shape index (κ3) is 4.21. The Morgan fingerprint density at radius 3 is 2.48 bits per heavy atom. The van der Waals surface area contributed by atoms with Crippen molar-refractivity contribution in [2.24, 2.45) is 0 Å². The second kappa shape index (κ2) is 8.85. The summed E-state index contributed by atoms with van der Waals surface area (Å²) in [5, 5.41) is 7.02. The molecule has 1 aromatic heterocycles. The monoisotopic (exact) mass is 449 g/mol. The molecule has 1 atom stereocenters. The van der Waals surface area contributed by atoms with Gasteiger partial charge >= 0.3 is 6.03 Å². The second-order valence-electron chi connectivity index (χ2n) is 7.97. The van der Waals surface area contributed by atoms with Crippen molar-refractivity contribution in [1.29, 1.82) is 0 Å². The van der Waals surface area contributed by atoms with E-state index in [4.69, 9.17) is 0 Å². The van der Waals surface area contributed by atoms with Crippen molar-refractivity contribution in [3.63, 3.8) is 0 Å². The summed E-state index contributed by atoms with van der Waals surface area (Å²) >= 11 is 0. The molecule has 0 aliphatic carbocycles. The number of nitrogens with one attached hydrogen (secondary N) is 1. The van der Waals surface area contributed by atoms with Crippen molar-refractivity contribution in [2.75, 3.05) is 13.6 Å². The highest BCUT2D eigenvalue weighted by atomic mass is 19.1. The van der Waals surface area contributed by atoms with E-state index < -0.39 is 35.7 Å². The lowest BCUT2D eigenvalue weighted by Crippen LogP contribution is -2.45. The summed E-state index contributed by atoms with van der Waals surface area (Å²) in [4.78, 5) is 41.0. The molecule has 3 aromatic rings. The van der Waals surface area contributed by atoms with Gasteiger partial charge in [0.15, 0.2) is 0 Å². The van der Waals surface area contributed by atoms with Crippen molar-refractivity contribution in [1.82, 2.24) is 24.9 Å². The molecule has 1 fully saturated rings. The van der Waals surface area contributed by atoms with Gasteiger partial charge in [-0.25, -0.2) is 13.9 Å². The fraction of sp³-hybridized carbons (Fsp3) is 0.250. The molecule has 8 nitrogen and oxygen atoms in total. The van der Waals surface area contributed by atoms with Gasteiger partial charge in [-0.1, -0.05) is 37.3 Å². The van der Waals surface area contributed by atoms with Crippen LogP contribution in [0.1, 0.15) is 24.5 Å². The lowest BCUT2D eigenvalue weighted by Gasteiger charge is -2.26. The highest BCUT2D eigenvalue weighted by Gasteiger charge is 2.51. The van der Waals surface area contributed by atoms with Crippen LogP contribution < -0.4 is 5.32 Å². The number of nitrogens with zero attached hydrogens (tertiary/aromatic N) is 4. The van der Waals surface area contributed by atoms with Gasteiger partial charge < -0.3 is 10.2 Å². The number of aromatic nitrogens is 2. The van der Waals surface area contributed by atoms with Gasteiger partial charge in [0, 0.05) is 25.4 Å². The molecule has 1 aliphatic heterocycles. The largest absolute Gasteiger partial charge is 0.340 e. The smallest absolute Gasteiger partial charge is 0.325 e. The van der Waals surface area contributed by atoms with Crippen LogP contribution in [0.5, 0.6) is 0 Å². The van der Waals surface area contributed by atoms with Crippen LogP contribution in [0.3, 0.4) is 0 Å². The van der Waals surface area contributed by atoms with E-state index >= 15 is 0 Å². The molecular weight excluding hydrogens is 425 g/mol. The van der Waals surface area contributed by atoms with Gasteiger partial charge in [-0.2, -0.15) is 5.10 Å². The number of halogens is 1. The van der Waals surface area contributed by atoms with E-state index in [1.807, 2.05) is 36.5 Å². The van der Waals surface area contributed by atoms with Gasteiger partial charge in [-0.15, -0.1) is 0 Å². The number of carbonyl (C=O) groups excluding carboxylic acids is 3. The highest BCUT2D eigenvalue weighted by Crippen LogP contribution is 2.32. The zero-order valence-corrected chi connectivity index (χ0v) is 18.4. The van der Waals surface area contributed by atoms with Crippen LogP contribution in [-0.2, 0) is 21.7 Å². The van der Waals surface area contributed by atoms with E-state index in [1.54, 1.807) is 24.9 Å². The highest BCUT2D eigenvalue weighted by molar-refractivity contribution is 6.09. The Morgan fingerprint density at radius 1 is 1.12 bits per heavy atom. The molecule has 2 aromatic carbocycles. The van der Waals surface area contributed by atoms with E-state index in [0.717, 1.165) is 16.2 Å². The molecule has 1 N–H and O–H groups in total. The summed E-state index contributed by atoms with van der Waals surface area (Å²) in [5.74, 6) is -1.36. The molecule has 0 bridgehead atoms. The molecule has 1 saturated heterocycles. The van der Waals surface area contributed by atoms with E-state index in [-0.39, 0.29) is 13.0 Å².